The molecule has 1 unspecified atom stereocenters. The number of nitrogens with two attached hydrogens (primary N) is 1. The van der Waals surface area contributed by atoms with Crippen molar-refractivity contribution < 1.29 is 14.7 Å². The van der Waals surface area contributed by atoms with E-state index in [4.69, 9.17) is 17.3 Å². The minimum Gasteiger partial charge on any atom is -0.480 e. The van der Waals surface area contributed by atoms with Gasteiger partial charge in [0.2, 0.25) is 5.91 Å². The monoisotopic (exact) mass is 240 g/mol. The molecule has 17 heavy (non-hydrogen) atoms. The van der Waals surface area contributed by atoms with E-state index in [0.29, 0.717) is 32.2 Å². The van der Waals surface area contributed by atoms with Crippen molar-refractivity contribution in [1.82, 2.24) is 5.32 Å². The third-order valence-electron chi connectivity index (χ3n) is 2.31. The second kappa shape index (κ2) is 9.67. The predicted octanol–water partition coefficient (Wildman–Crippen LogP) is 0.488. The second-order valence-corrected chi connectivity index (χ2v) is 3.80. The van der Waals surface area contributed by atoms with Gasteiger partial charge >= 0.3 is 5.97 Å². The molecule has 0 aliphatic carbocycles. The van der Waals surface area contributed by atoms with E-state index in [-0.39, 0.29) is 12.3 Å². The highest BCUT2D eigenvalue weighted by atomic mass is 16.4. The van der Waals surface area contributed by atoms with Crippen LogP contribution in [0.5, 0.6) is 0 Å². The molecule has 1 amide bonds. The Kier molecular flexibility index (Phi) is 8.79. The molecular weight excluding hydrogens is 220 g/mol. The fourth-order valence-corrected chi connectivity index (χ4v) is 1.37. The molecule has 0 aromatic carbocycles. The zero-order valence-corrected chi connectivity index (χ0v) is 9.95. The van der Waals surface area contributed by atoms with Crippen LogP contribution in [0.2, 0.25) is 0 Å². The molecule has 0 aromatic rings. The number of aliphatic carboxylic acids is 1. The maximum absolute atomic E-state index is 11.4. The van der Waals surface area contributed by atoms with E-state index in [2.05, 4.69) is 11.2 Å². The van der Waals surface area contributed by atoms with Crippen molar-refractivity contribution in [2.45, 2.75) is 44.6 Å². The van der Waals surface area contributed by atoms with Crippen LogP contribution in [-0.4, -0.2) is 29.6 Å². The number of nitrogens with one attached hydrogen (secondary N) is 1. The number of carboxylic acid groups (broad SMARTS) is 1. The normalized spacial score (nSPS) is 11.5. The zero-order chi connectivity index (χ0) is 13.1. The van der Waals surface area contributed by atoms with Crippen LogP contribution in [0.1, 0.15) is 38.5 Å². The van der Waals surface area contributed by atoms with E-state index < -0.39 is 12.0 Å². The first-order valence-electron chi connectivity index (χ1n) is 5.77. The van der Waals surface area contributed by atoms with Crippen molar-refractivity contribution in [3.05, 3.63) is 0 Å². The van der Waals surface area contributed by atoms with Gasteiger partial charge in [0.15, 0.2) is 0 Å². The summed E-state index contributed by atoms with van der Waals surface area (Å²) in [6, 6.07) is -0.820. The van der Waals surface area contributed by atoms with Gasteiger partial charge in [-0.05, 0) is 32.2 Å². The van der Waals surface area contributed by atoms with Gasteiger partial charge in [-0.15, -0.1) is 12.3 Å². The quantitative estimate of drug-likeness (QED) is 0.404. The van der Waals surface area contributed by atoms with E-state index in [1.54, 1.807) is 0 Å². The van der Waals surface area contributed by atoms with Crippen LogP contribution in [0.25, 0.3) is 0 Å². The highest BCUT2D eigenvalue weighted by Gasteiger charge is 2.18. The van der Waals surface area contributed by atoms with Gasteiger partial charge in [0.25, 0.3) is 0 Å². The lowest BCUT2D eigenvalue weighted by molar-refractivity contribution is -0.142. The van der Waals surface area contributed by atoms with Crippen LogP contribution in [0.15, 0.2) is 0 Å². The molecule has 4 N–H and O–H groups in total. The number of carbonyl (C=O) groups is 2. The maximum atomic E-state index is 11.4. The first-order chi connectivity index (χ1) is 8.11. The average molecular weight is 240 g/mol. The molecule has 0 radical (unpaired) electrons. The fourth-order valence-electron chi connectivity index (χ4n) is 1.37. The maximum Gasteiger partial charge on any atom is 0.326 e. The van der Waals surface area contributed by atoms with Crippen molar-refractivity contribution in [3.8, 4) is 12.3 Å². The summed E-state index contributed by atoms with van der Waals surface area (Å²) in [6.45, 7) is 0.530. The van der Waals surface area contributed by atoms with Crippen molar-refractivity contribution in [1.29, 1.82) is 0 Å². The third kappa shape index (κ3) is 8.29. The highest BCUT2D eigenvalue weighted by molar-refractivity contribution is 5.83. The van der Waals surface area contributed by atoms with Gasteiger partial charge in [-0.25, -0.2) is 4.79 Å². The lowest BCUT2D eigenvalue weighted by Gasteiger charge is -2.13. The molecule has 0 aliphatic heterocycles. The van der Waals surface area contributed by atoms with Crippen LogP contribution in [0, 0.1) is 12.3 Å². The highest BCUT2D eigenvalue weighted by Crippen LogP contribution is 2.02. The Morgan fingerprint density at radius 3 is 2.59 bits per heavy atom. The summed E-state index contributed by atoms with van der Waals surface area (Å²) in [5, 5.41) is 11.4. The van der Waals surface area contributed by atoms with Gasteiger partial charge in [-0.3, -0.25) is 4.79 Å². The number of amides is 1. The van der Waals surface area contributed by atoms with Gasteiger partial charge in [-0.2, -0.15) is 0 Å². The van der Waals surface area contributed by atoms with Crippen molar-refractivity contribution >= 4 is 11.9 Å². The number of terminal acetylenes is 1. The fraction of sp³-hybridized carbons (Fsp3) is 0.667. The average Bonchev–Trinajstić information content (AvgIpc) is 2.28. The molecule has 0 saturated carbocycles. The lowest BCUT2D eigenvalue weighted by atomic mass is 10.1. The van der Waals surface area contributed by atoms with E-state index in [0.717, 1.165) is 6.42 Å². The summed E-state index contributed by atoms with van der Waals surface area (Å²) in [4.78, 5) is 22.3. The van der Waals surface area contributed by atoms with Gasteiger partial charge in [-0.1, -0.05) is 0 Å². The summed E-state index contributed by atoms with van der Waals surface area (Å²) < 4.78 is 0. The first-order valence-corrected chi connectivity index (χ1v) is 5.77. The molecule has 0 fully saturated rings. The molecule has 0 bridgehead atoms. The Hall–Kier alpha value is -1.54. The minimum atomic E-state index is -1.01. The van der Waals surface area contributed by atoms with Crippen molar-refractivity contribution in [3.63, 3.8) is 0 Å². The largest absolute Gasteiger partial charge is 0.480 e. The molecule has 96 valence electrons. The molecule has 0 rings (SSSR count). The standard InChI is InChI=1S/C12H20N2O3/c1-2-3-4-8-11(15)14-10(12(16)17)7-5-6-9-13/h1,10H,3-9,13H2,(H,14,15)(H,16,17). The second-order valence-electron chi connectivity index (χ2n) is 3.80. The number of carbonyl (C=O) groups excluding carboxylic acids is 1. The van der Waals surface area contributed by atoms with Crippen LogP contribution < -0.4 is 11.1 Å². The molecule has 1 atom stereocenters. The van der Waals surface area contributed by atoms with E-state index in [1.807, 2.05) is 0 Å². The molecule has 0 aliphatic rings. The Balaban J connectivity index is 3.94. The lowest BCUT2D eigenvalue weighted by Crippen LogP contribution is -2.40. The van der Waals surface area contributed by atoms with E-state index in [1.165, 1.54) is 0 Å². The molecule has 0 saturated heterocycles. The third-order valence-corrected chi connectivity index (χ3v) is 2.31. The number of hydrogen-bond acceptors (Lipinski definition) is 3. The zero-order valence-electron chi connectivity index (χ0n) is 9.95. The number of rotatable bonds is 9. The Labute approximate surface area is 102 Å². The van der Waals surface area contributed by atoms with E-state index >= 15 is 0 Å². The van der Waals surface area contributed by atoms with Crippen molar-refractivity contribution in [2.24, 2.45) is 5.73 Å². The van der Waals surface area contributed by atoms with Crippen LogP contribution in [0.4, 0.5) is 0 Å². The number of hydrogen-bond donors (Lipinski definition) is 3. The Morgan fingerprint density at radius 1 is 1.35 bits per heavy atom. The summed E-state index contributed by atoms with van der Waals surface area (Å²) in [7, 11) is 0. The Bertz CT molecular complexity index is 284. The molecule has 5 heteroatoms. The summed E-state index contributed by atoms with van der Waals surface area (Å²) in [5.74, 6) is 1.16. The summed E-state index contributed by atoms with van der Waals surface area (Å²) in [6.07, 6.45) is 8.30. The molecular formula is C12H20N2O3. The molecule has 0 spiro atoms. The van der Waals surface area contributed by atoms with E-state index in [9.17, 15) is 9.59 Å². The van der Waals surface area contributed by atoms with Crippen LogP contribution in [-0.2, 0) is 9.59 Å². The molecule has 5 nitrogen and oxygen atoms in total. The summed E-state index contributed by atoms with van der Waals surface area (Å²) in [5.41, 5.74) is 5.32. The molecule has 0 aromatic heterocycles. The topological polar surface area (TPSA) is 92.4 Å². The Morgan fingerprint density at radius 2 is 2.06 bits per heavy atom. The SMILES string of the molecule is C#CCCCC(=O)NC(CCCCN)C(=O)O. The molecule has 0 heterocycles. The van der Waals surface area contributed by atoms with Gasteiger partial charge in [0, 0.05) is 12.8 Å². The smallest absolute Gasteiger partial charge is 0.326 e. The van der Waals surface area contributed by atoms with Crippen LogP contribution in [0.3, 0.4) is 0 Å². The number of unbranched alkanes of at least 4 members (excludes halogenated alkanes) is 2. The van der Waals surface area contributed by atoms with Gasteiger partial charge in [0.05, 0.1) is 0 Å². The van der Waals surface area contributed by atoms with Gasteiger partial charge in [0.1, 0.15) is 6.04 Å². The predicted molar refractivity (Wildman–Crippen MR) is 65.2 cm³/mol. The van der Waals surface area contributed by atoms with Crippen molar-refractivity contribution in [2.75, 3.05) is 6.54 Å². The summed E-state index contributed by atoms with van der Waals surface area (Å²) >= 11 is 0. The van der Waals surface area contributed by atoms with Crippen LogP contribution >= 0.6 is 0 Å². The minimum absolute atomic E-state index is 0.264. The van der Waals surface area contributed by atoms with Gasteiger partial charge < -0.3 is 16.2 Å². The first kappa shape index (κ1) is 15.5. The number of carboxylic acids is 1.